The summed E-state index contributed by atoms with van der Waals surface area (Å²) in [6.45, 7) is 2.85. The van der Waals surface area contributed by atoms with Crippen LogP contribution in [0.15, 0.2) is 18.3 Å². The Balaban J connectivity index is 2.32. The van der Waals surface area contributed by atoms with Crippen molar-refractivity contribution in [2.45, 2.75) is 26.2 Å². The van der Waals surface area contributed by atoms with E-state index < -0.39 is 0 Å². The zero-order valence-corrected chi connectivity index (χ0v) is 8.40. The first kappa shape index (κ1) is 10.7. The summed E-state index contributed by atoms with van der Waals surface area (Å²) < 4.78 is 5.38. The maximum atomic E-state index is 10.3. The van der Waals surface area contributed by atoms with Crippen molar-refractivity contribution < 1.29 is 9.53 Å². The molecule has 0 aliphatic rings. The number of nitrogens with zero attached hydrogens (tertiary/aromatic N) is 1. The van der Waals surface area contributed by atoms with Crippen molar-refractivity contribution in [3.05, 3.63) is 23.9 Å². The Bertz CT molecular complexity index is 269. The van der Waals surface area contributed by atoms with Gasteiger partial charge in [0.25, 0.3) is 0 Å². The van der Waals surface area contributed by atoms with Gasteiger partial charge in [0.1, 0.15) is 0 Å². The van der Waals surface area contributed by atoms with Gasteiger partial charge in [0.15, 0.2) is 6.29 Å². The smallest absolute Gasteiger partial charge is 0.213 e. The predicted molar refractivity (Wildman–Crippen MR) is 54.6 cm³/mol. The highest BCUT2D eigenvalue weighted by Gasteiger charge is 1.95. The van der Waals surface area contributed by atoms with Crippen molar-refractivity contribution in [2.75, 3.05) is 6.61 Å². The normalized spacial score (nSPS) is 9.79. The van der Waals surface area contributed by atoms with E-state index in [2.05, 4.69) is 11.9 Å². The lowest BCUT2D eigenvalue weighted by Gasteiger charge is -2.03. The molecule has 0 spiro atoms. The molecule has 0 aliphatic heterocycles. The van der Waals surface area contributed by atoms with Crippen molar-refractivity contribution in [1.29, 1.82) is 0 Å². The largest absolute Gasteiger partial charge is 0.478 e. The molecule has 0 aliphatic carbocycles. The van der Waals surface area contributed by atoms with Gasteiger partial charge in [-0.05, 0) is 12.5 Å². The third-order valence-corrected chi connectivity index (χ3v) is 1.89. The average Bonchev–Trinajstić information content (AvgIpc) is 2.25. The number of aromatic nitrogens is 1. The van der Waals surface area contributed by atoms with Gasteiger partial charge >= 0.3 is 0 Å². The Kier molecular flexibility index (Phi) is 4.69. The topological polar surface area (TPSA) is 39.2 Å². The lowest BCUT2D eigenvalue weighted by molar-refractivity contribution is 0.112. The number of hydrogen-bond donors (Lipinski definition) is 0. The van der Waals surface area contributed by atoms with Crippen molar-refractivity contribution in [3.8, 4) is 5.88 Å². The van der Waals surface area contributed by atoms with Gasteiger partial charge in [-0.25, -0.2) is 4.98 Å². The van der Waals surface area contributed by atoms with Crippen LogP contribution in [0.3, 0.4) is 0 Å². The number of carbonyl (C=O) groups excluding carboxylic acids is 1. The number of carbonyl (C=O) groups is 1. The quantitative estimate of drug-likeness (QED) is 0.514. The maximum absolute atomic E-state index is 10.3. The number of hydrogen-bond acceptors (Lipinski definition) is 3. The highest BCUT2D eigenvalue weighted by atomic mass is 16.5. The molecule has 0 N–H and O–H groups in total. The summed E-state index contributed by atoms with van der Waals surface area (Å²) in [5.74, 6) is 0.590. The third kappa shape index (κ3) is 3.56. The van der Waals surface area contributed by atoms with E-state index in [1.165, 1.54) is 19.0 Å². The molecule has 0 saturated carbocycles. The van der Waals surface area contributed by atoms with E-state index in [0.717, 1.165) is 12.7 Å². The number of rotatable bonds is 6. The van der Waals surface area contributed by atoms with Gasteiger partial charge in [0.05, 0.1) is 6.61 Å². The van der Waals surface area contributed by atoms with Crippen LogP contribution < -0.4 is 4.74 Å². The van der Waals surface area contributed by atoms with Crippen molar-refractivity contribution in [2.24, 2.45) is 0 Å². The van der Waals surface area contributed by atoms with Crippen LogP contribution in [0.4, 0.5) is 0 Å². The summed E-state index contributed by atoms with van der Waals surface area (Å²) in [4.78, 5) is 14.3. The Hall–Kier alpha value is -1.38. The summed E-state index contributed by atoms with van der Waals surface area (Å²) in [7, 11) is 0. The molecule has 0 amide bonds. The molecule has 3 heteroatoms. The number of ether oxygens (including phenoxy) is 1. The fraction of sp³-hybridized carbons (Fsp3) is 0.455. The second kappa shape index (κ2) is 6.13. The fourth-order valence-corrected chi connectivity index (χ4v) is 1.08. The van der Waals surface area contributed by atoms with Crippen LogP contribution in [-0.4, -0.2) is 17.9 Å². The van der Waals surface area contributed by atoms with Gasteiger partial charge in [0, 0.05) is 17.8 Å². The molecule has 0 atom stereocenters. The molecule has 1 rings (SSSR count). The van der Waals surface area contributed by atoms with Crippen LogP contribution >= 0.6 is 0 Å². The Labute approximate surface area is 84.1 Å². The first-order valence-electron chi connectivity index (χ1n) is 4.91. The van der Waals surface area contributed by atoms with E-state index in [-0.39, 0.29) is 0 Å². The van der Waals surface area contributed by atoms with E-state index in [4.69, 9.17) is 4.74 Å². The van der Waals surface area contributed by atoms with Crippen molar-refractivity contribution in [1.82, 2.24) is 4.98 Å². The van der Waals surface area contributed by atoms with E-state index >= 15 is 0 Å². The third-order valence-electron chi connectivity index (χ3n) is 1.89. The van der Waals surface area contributed by atoms with E-state index in [1.54, 1.807) is 12.1 Å². The minimum Gasteiger partial charge on any atom is -0.478 e. The SMILES string of the molecule is CCCCCOc1ccc(C=O)cn1. The predicted octanol–water partition coefficient (Wildman–Crippen LogP) is 2.46. The number of pyridine rings is 1. The van der Waals surface area contributed by atoms with E-state index in [0.29, 0.717) is 18.1 Å². The zero-order chi connectivity index (χ0) is 10.2. The van der Waals surface area contributed by atoms with Gasteiger partial charge < -0.3 is 4.74 Å². The van der Waals surface area contributed by atoms with E-state index in [9.17, 15) is 4.79 Å². The van der Waals surface area contributed by atoms with Crippen molar-refractivity contribution >= 4 is 6.29 Å². The molecule has 0 saturated heterocycles. The summed E-state index contributed by atoms with van der Waals surface area (Å²) in [5, 5.41) is 0. The summed E-state index contributed by atoms with van der Waals surface area (Å²) in [6.07, 6.45) is 5.69. The standard InChI is InChI=1S/C11H15NO2/c1-2-3-4-7-14-11-6-5-10(9-13)8-12-11/h5-6,8-9H,2-4,7H2,1H3. The molecule has 1 aromatic heterocycles. The Morgan fingerprint density at radius 3 is 2.86 bits per heavy atom. The van der Waals surface area contributed by atoms with Crippen molar-refractivity contribution in [3.63, 3.8) is 0 Å². The van der Waals surface area contributed by atoms with Gasteiger partial charge in [-0.15, -0.1) is 0 Å². The second-order valence-corrected chi connectivity index (χ2v) is 3.10. The van der Waals surface area contributed by atoms with Gasteiger partial charge in [-0.3, -0.25) is 4.79 Å². The molecule has 0 bridgehead atoms. The molecule has 0 aromatic carbocycles. The molecule has 1 heterocycles. The first-order valence-corrected chi connectivity index (χ1v) is 4.91. The Morgan fingerprint density at radius 1 is 1.43 bits per heavy atom. The van der Waals surface area contributed by atoms with Crippen LogP contribution in [0, 0.1) is 0 Å². The molecule has 0 radical (unpaired) electrons. The highest BCUT2D eigenvalue weighted by molar-refractivity contribution is 5.73. The second-order valence-electron chi connectivity index (χ2n) is 3.10. The van der Waals surface area contributed by atoms with Crippen LogP contribution in [0.1, 0.15) is 36.5 Å². The fourth-order valence-electron chi connectivity index (χ4n) is 1.08. The molecule has 1 aromatic rings. The molecule has 3 nitrogen and oxygen atoms in total. The first-order chi connectivity index (χ1) is 6.86. The highest BCUT2D eigenvalue weighted by Crippen LogP contribution is 2.07. The molecule has 14 heavy (non-hydrogen) atoms. The maximum Gasteiger partial charge on any atom is 0.213 e. The number of unbranched alkanes of at least 4 members (excludes halogenated alkanes) is 2. The van der Waals surface area contributed by atoms with Crippen LogP contribution in [0.5, 0.6) is 5.88 Å². The van der Waals surface area contributed by atoms with Crippen LogP contribution in [0.25, 0.3) is 0 Å². The molecular formula is C11H15NO2. The average molecular weight is 193 g/mol. The lowest BCUT2D eigenvalue weighted by Crippen LogP contribution is -1.98. The van der Waals surface area contributed by atoms with Gasteiger partial charge in [0.2, 0.25) is 5.88 Å². The van der Waals surface area contributed by atoms with Crippen LogP contribution in [0.2, 0.25) is 0 Å². The lowest BCUT2D eigenvalue weighted by atomic mass is 10.3. The zero-order valence-electron chi connectivity index (χ0n) is 8.40. The molecule has 0 unspecified atom stereocenters. The summed E-state index contributed by atoms with van der Waals surface area (Å²) in [5.41, 5.74) is 0.575. The molecular weight excluding hydrogens is 178 g/mol. The molecule has 0 fully saturated rings. The summed E-state index contributed by atoms with van der Waals surface area (Å²) in [6, 6.07) is 3.42. The monoisotopic (exact) mass is 193 g/mol. The minimum atomic E-state index is 0.575. The number of aldehydes is 1. The van der Waals surface area contributed by atoms with E-state index in [1.807, 2.05) is 0 Å². The Morgan fingerprint density at radius 2 is 2.29 bits per heavy atom. The molecule has 76 valence electrons. The summed E-state index contributed by atoms with van der Waals surface area (Å²) >= 11 is 0. The minimum absolute atomic E-state index is 0.575. The van der Waals surface area contributed by atoms with Gasteiger partial charge in [-0.1, -0.05) is 19.8 Å². The van der Waals surface area contributed by atoms with Gasteiger partial charge in [-0.2, -0.15) is 0 Å². The van der Waals surface area contributed by atoms with Crippen LogP contribution in [-0.2, 0) is 0 Å².